The minimum atomic E-state index is 0.421. The lowest BCUT2D eigenvalue weighted by molar-refractivity contribution is 0.111. The van der Waals surface area contributed by atoms with Crippen LogP contribution >= 0.6 is 11.6 Å². The highest BCUT2D eigenvalue weighted by atomic mass is 35.5. The van der Waals surface area contributed by atoms with Gasteiger partial charge < -0.3 is 4.57 Å². The number of rotatable bonds is 4. The number of carbonyl (C=O) groups excluding carboxylic acids is 1. The van der Waals surface area contributed by atoms with Crippen LogP contribution in [0.3, 0.4) is 0 Å². The first-order chi connectivity index (χ1) is 14.2. The zero-order valence-electron chi connectivity index (χ0n) is 15.5. The molecular weight excluding hydrogens is 380 g/mol. The van der Waals surface area contributed by atoms with Crippen molar-refractivity contribution in [2.75, 3.05) is 0 Å². The van der Waals surface area contributed by atoms with Gasteiger partial charge in [0, 0.05) is 33.4 Å². The van der Waals surface area contributed by atoms with Crippen LogP contribution in [0.15, 0.2) is 84.9 Å². The van der Waals surface area contributed by atoms with Crippen LogP contribution in [0.25, 0.3) is 33.1 Å². The number of nitrogens with zero attached hydrogens (tertiary/aromatic N) is 2. The van der Waals surface area contributed by atoms with Crippen LogP contribution in [0.5, 0.6) is 0 Å². The maximum absolute atomic E-state index is 11.6. The van der Waals surface area contributed by atoms with Crippen LogP contribution in [0.1, 0.15) is 16.1 Å². The maximum atomic E-state index is 11.6. The van der Waals surface area contributed by atoms with Crippen LogP contribution in [-0.4, -0.2) is 15.8 Å². The number of carbonyl (C=O) groups is 1. The monoisotopic (exact) mass is 396 g/mol. The summed E-state index contributed by atoms with van der Waals surface area (Å²) in [6.45, 7) is 0.716. The normalized spacial score (nSPS) is 11.2. The zero-order chi connectivity index (χ0) is 19.8. The lowest BCUT2D eigenvalue weighted by Gasteiger charge is -2.12. The molecule has 0 spiro atoms. The predicted molar refractivity (Wildman–Crippen MR) is 119 cm³/mol. The van der Waals surface area contributed by atoms with E-state index in [0.717, 1.165) is 39.3 Å². The molecule has 3 nitrogen and oxygen atoms in total. The Morgan fingerprint density at radius 2 is 1.59 bits per heavy atom. The van der Waals surface area contributed by atoms with Crippen molar-refractivity contribution in [3.63, 3.8) is 0 Å². The van der Waals surface area contributed by atoms with E-state index in [4.69, 9.17) is 11.6 Å². The first kappa shape index (κ1) is 17.7. The maximum Gasteiger partial charge on any atom is 0.168 e. The van der Waals surface area contributed by atoms with Gasteiger partial charge >= 0.3 is 0 Å². The zero-order valence-corrected chi connectivity index (χ0v) is 16.3. The average molecular weight is 397 g/mol. The van der Waals surface area contributed by atoms with Crippen molar-refractivity contribution < 1.29 is 4.79 Å². The molecule has 2 aromatic heterocycles. The number of pyridine rings is 1. The Balaban J connectivity index is 1.88. The molecule has 0 bridgehead atoms. The largest absolute Gasteiger partial charge is 0.334 e. The predicted octanol–water partition coefficient (Wildman–Crippen LogP) is 6.37. The Kier molecular flexibility index (Phi) is 4.38. The first-order valence-electron chi connectivity index (χ1n) is 9.41. The molecular formula is C25H17ClN2O. The van der Waals surface area contributed by atoms with Gasteiger partial charge in [-0.3, -0.25) is 4.79 Å². The summed E-state index contributed by atoms with van der Waals surface area (Å²) in [4.78, 5) is 16.3. The molecule has 0 aliphatic carbocycles. The fraction of sp³-hybridized carbons (Fsp3) is 0.0400. The molecule has 29 heavy (non-hydrogen) atoms. The molecule has 0 saturated heterocycles. The third kappa shape index (κ3) is 3.10. The Bertz CT molecular complexity index is 1340. The molecule has 140 valence electrons. The number of aldehydes is 1. The quantitative estimate of drug-likeness (QED) is 0.331. The summed E-state index contributed by atoms with van der Waals surface area (Å²) in [5.74, 6) is 0. The molecule has 0 aliphatic heterocycles. The van der Waals surface area contributed by atoms with Crippen LogP contribution in [-0.2, 0) is 6.54 Å². The minimum absolute atomic E-state index is 0.421. The van der Waals surface area contributed by atoms with E-state index in [2.05, 4.69) is 33.8 Å². The van der Waals surface area contributed by atoms with Crippen LogP contribution in [0.4, 0.5) is 0 Å². The van der Waals surface area contributed by atoms with E-state index in [9.17, 15) is 4.79 Å². The fourth-order valence-electron chi connectivity index (χ4n) is 3.89. The molecule has 0 fully saturated rings. The van der Waals surface area contributed by atoms with Crippen molar-refractivity contribution in [2.45, 2.75) is 6.54 Å². The smallest absolute Gasteiger partial charge is 0.168 e. The van der Waals surface area contributed by atoms with Gasteiger partial charge in [-0.1, -0.05) is 72.3 Å². The molecule has 0 unspecified atom stereocenters. The number of aromatic nitrogens is 2. The van der Waals surface area contributed by atoms with Gasteiger partial charge in [-0.05, 0) is 29.8 Å². The lowest BCUT2D eigenvalue weighted by atomic mass is 10.1. The topological polar surface area (TPSA) is 34.9 Å². The van der Waals surface area contributed by atoms with Gasteiger partial charge in [0.15, 0.2) is 6.29 Å². The summed E-state index contributed by atoms with van der Waals surface area (Å²) in [5.41, 5.74) is 5.48. The highest BCUT2D eigenvalue weighted by molar-refractivity contribution is 6.30. The van der Waals surface area contributed by atoms with E-state index < -0.39 is 0 Å². The average Bonchev–Trinajstić information content (AvgIpc) is 3.08. The van der Waals surface area contributed by atoms with Crippen molar-refractivity contribution in [3.8, 4) is 11.3 Å². The van der Waals surface area contributed by atoms with E-state index in [1.54, 1.807) is 0 Å². The highest BCUT2D eigenvalue weighted by Crippen LogP contribution is 2.36. The van der Waals surface area contributed by atoms with Gasteiger partial charge in [0.25, 0.3) is 0 Å². The second kappa shape index (κ2) is 7.19. The van der Waals surface area contributed by atoms with Crippen molar-refractivity contribution in [1.82, 2.24) is 9.55 Å². The molecule has 5 aromatic rings. The van der Waals surface area contributed by atoms with Crippen molar-refractivity contribution >= 4 is 39.7 Å². The molecule has 2 heterocycles. The van der Waals surface area contributed by atoms with Crippen molar-refractivity contribution in [2.24, 2.45) is 0 Å². The summed E-state index contributed by atoms with van der Waals surface area (Å²) >= 11 is 6.10. The summed E-state index contributed by atoms with van der Waals surface area (Å²) in [5, 5.41) is 2.80. The molecule has 0 radical (unpaired) electrons. The summed E-state index contributed by atoms with van der Waals surface area (Å²) in [6, 6.07) is 28.1. The Labute approximate surface area is 173 Å². The number of halogens is 1. The van der Waals surface area contributed by atoms with Gasteiger partial charge in [0.2, 0.25) is 0 Å². The van der Waals surface area contributed by atoms with Gasteiger partial charge in [-0.15, -0.1) is 0 Å². The van der Waals surface area contributed by atoms with E-state index in [1.165, 1.54) is 5.56 Å². The molecule has 3 aromatic carbocycles. The standard InChI is InChI=1S/C25H17ClN2O/c26-19-12-10-18(11-13-19)24-25-22(14-20(16-29)27-24)21-8-4-5-9-23(21)28(25)15-17-6-2-1-3-7-17/h1-14,16H,15H2. The van der Waals surface area contributed by atoms with Crippen molar-refractivity contribution in [3.05, 3.63) is 101 Å². The third-order valence-corrected chi connectivity index (χ3v) is 5.44. The van der Waals surface area contributed by atoms with E-state index in [0.29, 0.717) is 17.3 Å². The molecule has 0 amide bonds. The second-order valence-corrected chi connectivity index (χ2v) is 7.44. The number of fused-ring (bicyclic) bond motifs is 3. The molecule has 0 N–H and O–H groups in total. The summed E-state index contributed by atoms with van der Waals surface area (Å²) < 4.78 is 2.28. The van der Waals surface area contributed by atoms with Crippen LogP contribution < -0.4 is 0 Å². The van der Waals surface area contributed by atoms with Gasteiger partial charge in [0.1, 0.15) is 5.69 Å². The summed E-state index contributed by atoms with van der Waals surface area (Å²) in [6.07, 6.45) is 0.808. The number of para-hydroxylation sites is 1. The van der Waals surface area contributed by atoms with Gasteiger partial charge in [-0.2, -0.15) is 0 Å². The molecule has 0 saturated carbocycles. The fourth-order valence-corrected chi connectivity index (χ4v) is 4.02. The van der Waals surface area contributed by atoms with Crippen LogP contribution in [0.2, 0.25) is 5.02 Å². The van der Waals surface area contributed by atoms with E-state index in [1.807, 2.05) is 60.7 Å². The number of hydrogen-bond acceptors (Lipinski definition) is 2. The molecule has 0 aliphatic rings. The molecule has 5 rings (SSSR count). The molecule has 0 atom stereocenters. The van der Waals surface area contributed by atoms with Crippen molar-refractivity contribution in [1.29, 1.82) is 0 Å². The van der Waals surface area contributed by atoms with E-state index >= 15 is 0 Å². The Hall–Kier alpha value is -3.43. The Morgan fingerprint density at radius 3 is 2.34 bits per heavy atom. The van der Waals surface area contributed by atoms with Crippen LogP contribution in [0, 0.1) is 0 Å². The molecule has 4 heteroatoms. The second-order valence-electron chi connectivity index (χ2n) is 7.01. The van der Waals surface area contributed by atoms with Gasteiger partial charge in [0.05, 0.1) is 11.2 Å². The van der Waals surface area contributed by atoms with Gasteiger partial charge in [-0.25, -0.2) is 4.98 Å². The van der Waals surface area contributed by atoms with E-state index in [-0.39, 0.29) is 0 Å². The summed E-state index contributed by atoms with van der Waals surface area (Å²) in [7, 11) is 0. The SMILES string of the molecule is O=Cc1cc2c3ccccc3n(Cc3ccccc3)c2c(-c2ccc(Cl)cc2)n1. The minimum Gasteiger partial charge on any atom is -0.334 e. The first-order valence-corrected chi connectivity index (χ1v) is 9.79. The number of hydrogen-bond donors (Lipinski definition) is 0. The number of benzene rings is 3. The highest BCUT2D eigenvalue weighted by Gasteiger charge is 2.18. The Morgan fingerprint density at radius 1 is 0.862 bits per heavy atom. The lowest BCUT2D eigenvalue weighted by Crippen LogP contribution is -2.02. The third-order valence-electron chi connectivity index (χ3n) is 5.19.